The van der Waals surface area contributed by atoms with Crippen molar-refractivity contribution in [1.29, 1.82) is 0 Å². The standard InChI is InChI=1S/C18H20N2/c1-11-7-15(8-12(2)17(11)19)5-6-16-9-13(3)18(20)14(4)10-16/h7-10H,19-20H2,1-4H3/p+2. The Bertz CT molecular complexity index is 623. The summed E-state index contributed by atoms with van der Waals surface area (Å²) in [5.41, 5.74) is 17.2. The smallest absolute Gasteiger partial charge is 0.133 e. The van der Waals surface area contributed by atoms with Crippen molar-refractivity contribution in [2.75, 3.05) is 0 Å². The molecule has 0 fully saturated rings. The van der Waals surface area contributed by atoms with E-state index in [0.29, 0.717) is 0 Å². The molecule has 0 aliphatic carbocycles. The molecule has 2 aromatic carbocycles. The molecule has 0 heterocycles. The number of benzene rings is 2. The van der Waals surface area contributed by atoms with Gasteiger partial charge in [0.25, 0.3) is 0 Å². The molecule has 6 N–H and O–H groups in total. The molecule has 2 aromatic rings. The lowest BCUT2D eigenvalue weighted by molar-refractivity contribution is -0.257. The maximum Gasteiger partial charge on any atom is 0.133 e. The molecule has 2 nitrogen and oxygen atoms in total. The zero-order valence-electron chi connectivity index (χ0n) is 12.7. The molecule has 0 atom stereocenters. The second-order valence-electron chi connectivity index (χ2n) is 5.43. The average Bonchev–Trinajstić information content (AvgIpc) is 2.39. The van der Waals surface area contributed by atoms with Gasteiger partial charge in [-0.3, -0.25) is 0 Å². The fraction of sp³-hybridized carbons (Fsp3) is 0.222. The first-order valence-electron chi connectivity index (χ1n) is 6.77. The third-order valence-corrected chi connectivity index (χ3v) is 3.74. The van der Waals surface area contributed by atoms with Crippen molar-refractivity contribution < 1.29 is 11.5 Å². The van der Waals surface area contributed by atoms with Crippen LogP contribution in [0.25, 0.3) is 0 Å². The predicted molar refractivity (Wildman–Crippen MR) is 82.9 cm³/mol. The molecule has 0 aliphatic rings. The molecule has 0 spiro atoms. The predicted octanol–water partition coefficient (Wildman–Crippen LogP) is 2.07. The molecule has 0 aromatic heterocycles. The fourth-order valence-corrected chi connectivity index (χ4v) is 2.28. The molecule has 0 bridgehead atoms. The highest BCUT2D eigenvalue weighted by Gasteiger charge is 2.04. The van der Waals surface area contributed by atoms with Crippen LogP contribution in [0.4, 0.5) is 11.4 Å². The van der Waals surface area contributed by atoms with E-state index in [2.05, 4.69) is 75.3 Å². The molecule has 0 amide bonds. The first-order valence-corrected chi connectivity index (χ1v) is 6.77. The van der Waals surface area contributed by atoms with Gasteiger partial charge in [0.15, 0.2) is 0 Å². The van der Waals surface area contributed by atoms with E-state index in [9.17, 15) is 0 Å². The van der Waals surface area contributed by atoms with Crippen molar-refractivity contribution in [2.45, 2.75) is 27.7 Å². The third-order valence-electron chi connectivity index (χ3n) is 3.74. The SMILES string of the molecule is Cc1cc(C#Cc2cc(C)c([NH3+])c(C)c2)cc(C)c1[NH3+]. The number of aryl methyl sites for hydroxylation is 4. The van der Waals surface area contributed by atoms with Crippen molar-refractivity contribution in [1.82, 2.24) is 0 Å². The minimum Gasteiger partial charge on any atom is -0.325 e. The zero-order valence-corrected chi connectivity index (χ0v) is 12.7. The Morgan fingerprint density at radius 2 is 0.850 bits per heavy atom. The van der Waals surface area contributed by atoms with Crippen molar-refractivity contribution in [3.8, 4) is 11.8 Å². The van der Waals surface area contributed by atoms with Crippen LogP contribution in [0.2, 0.25) is 0 Å². The second-order valence-corrected chi connectivity index (χ2v) is 5.43. The summed E-state index contributed by atoms with van der Waals surface area (Å²) in [5, 5.41) is 0. The maximum absolute atomic E-state index is 4.06. The number of hydrogen-bond donors (Lipinski definition) is 2. The molecule has 0 saturated heterocycles. The lowest BCUT2D eigenvalue weighted by Crippen LogP contribution is -2.42. The highest BCUT2D eigenvalue weighted by atomic mass is 14.6. The first-order chi connectivity index (χ1) is 9.38. The Kier molecular flexibility index (Phi) is 3.94. The Morgan fingerprint density at radius 3 is 1.10 bits per heavy atom. The summed E-state index contributed by atoms with van der Waals surface area (Å²) in [6.07, 6.45) is 0. The van der Waals surface area contributed by atoms with Gasteiger partial charge in [0.2, 0.25) is 0 Å². The van der Waals surface area contributed by atoms with E-state index in [1.54, 1.807) is 0 Å². The van der Waals surface area contributed by atoms with Gasteiger partial charge in [0.1, 0.15) is 11.4 Å². The minimum absolute atomic E-state index is 1.04. The lowest BCUT2D eigenvalue weighted by Gasteiger charge is -2.02. The van der Waals surface area contributed by atoms with Crippen molar-refractivity contribution >= 4 is 11.4 Å². The molecule has 2 rings (SSSR count). The molecule has 0 radical (unpaired) electrons. The Hall–Kier alpha value is -2.08. The Labute approximate surface area is 120 Å². The monoisotopic (exact) mass is 266 g/mol. The molecule has 0 unspecified atom stereocenters. The average molecular weight is 266 g/mol. The van der Waals surface area contributed by atoms with E-state index in [1.165, 1.54) is 22.3 Å². The van der Waals surface area contributed by atoms with E-state index in [1.807, 2.05) is 0 Å². The summed E-state index contributed by atoms with van der Waals surface area (Å²) in [7, 11) is 0. The second kappa shape index (κ2) is 5.50. The van der Waals surface area contributed by atoms with Crippen LogP contribution in [0.1, 0.15) is 33.4 Å². The van der Waals surface area contributed by atoms with E-state index in [-0.39, 0.29) is 0 Å². The van der Waals surface area contributed by atoms with Gasteiger partial charge in [-0.25, -0.2) is 0 Å². The van der Waals surface area contributed by atoms with Crippen molar-refractivity contribution in [3.05, 3.63) is 57.6 Å². The number of quaternary nitrogens is 2. The van der Waals surface area contributed by atoms with Gasteiger partial charge in [-0.2, -0.15) is 0 Å². The van der Waals surface area contributed by atoms with Crippen molar-refractivity contribution in [2.24, 2.45) is 0 Å². The van der Waals surface area contributed by atoms with Gasteiger partial charge in [0.05, 0.1) is 0 Å². The summed E-state index contributed by atoms with van der Waals surface area (Å²) in [6.45, 7) is 8.30. The highest BCUT2D eigenvalue weighted by molar-refractivity contribution is 5.56. The van der Waals surface area contributed by atoms with Gasteiger partial charge in [-0.15, -0.1) is 0 Å². The molecular weight excluding hydrogens is 244 g/mol. The van der Waals surface area contributed by atoms with Gasteiger partial charge < -0.3 is 11.5 Å². The highest BCUT2D eigenvalue weighted by Crippen LogP contribution is 2.18. The third kappa shape index (κ3) is 2.91. The largest absolute Gasteiger partial charge is 0.325 e. The van der Waals surface area contributed by atoms with Crippen LogP contribution < -0.4 is 11.5 Å². The van der Waals surface area contributed by atoms with E-state index in [0.717, 1.165) is 22.5 Å². The summed E-state index contributed by atoms with van der Waals surface area (Å²) in [4.78, 5) is 0. The van der Waals surface area contributed by atoms with Crippen LogP contribution in [0.15, 0.2) is 24.3 Å². The normalized spacial score (nSPS) is 10.1. The summed E-state index contributed by atoms with van der Waals surface area (Å²) < 4.78 is 0. The maximum atomic E-state index is 4.06. The molecule has 2 heteroatoms. The van der Waals surface area contributed by atoms with Gasteiger partial charge in [-0.05, 0) is 52.0 Å². The molecule has 102 valence electrons. The topological polar surface area (TPSA) is 55.3 Å². The van der Waals surface area contributed by atoms with Crippen LogP contribution in [0, 0.1) is 39.5 Å². The van der Waals surface area contributed by atoms with Gasteiger partial charge in [0, 0.05) is 33.4 Å². The van der Waals surface area contributed by atoms with Crippen LogP contribution in [-0.2, 0) is 0 Å². The molecule has 0 aliphatic heterocycles. The number of rotatable bonds is 0. The molecule has 20 heavy (non-hydrogen) atoms. The van der Waals surface area contributed by atoms with Gasteiger partial charge >= 0.3 is 0 Å². The van der Waals surface area contributed by atoms with Crippen molar-refractivity contribution in [3.63, 3.8) is 0 Å². The Balaban J connectivity index is 2.41. The zero-order chi connectivity index (χ0) is 14.9. The van der Waals surface area contributed by atoms with E-state index in [4.69, 9.17) is 0 Å². The quantitative estimate of drug-likeness (QED) is 0.686. The minimum atomic E-state index is 1.04. The van der Waals surface area contributed by atoms with Crippen LogP contribution >= 0.6 is 0 Å². The Morgan fingerprint density at radius 1 is 0.600 bits per heavy atom. The fourth-order valence-electron chi connectivity index (χ4n) is 2.28. The van der Waals surface area contributed by atoms with Crippen LogP contribution in [0.3, 0.4) is 0 Å². The number of hydrogen-bond acceptors (Lipinski definition) is 0. The van der Waals surface area contributed by atoms with Crippen LogP contribution in [-0.4, -0.2) is 0 Å². The molecule has 0 saturated carbocycles. The summed E-state index contributed by atoms with van der Waals surface area (Å²) >= 11 is 0. The van der Waals surface area contributed by atoms with E-state index >= 15 is 0 Å². The van der Waals surface area contributed by atoms with E-state index < -0.39 is 0 Å². The van der Waals surface area contributed by atoms with Gasteiger partial charge in [-0.1, -0.05) is 11.8 Å². The molecular formula is C18H22N2+2. The summed E-state index contributed by atoms with van der Waals surface area (Å²) in [5.74, 6) is 6.49. The summed E-state index contributed by atoms with van der Waals surface area (Å²) in [6, 6.07) is 8.38. The lowest BCUT2D eigenvalue weighted by atomic mass is 10.0. The van der Waals surface area contributed by atoms with Crippen LogP contribution in [0.5, 0.6) is 0 Å². The first kappa shape index (κ1) is 14.3.